The van der Waals surface area contributed by atoms with E-state index < -0.39 is 29.5 Å². The third-order valence-electron chi connectivity index (χ3n) is 6.50. The summed E-state index contributed by atoms with van der Waals surface area (Å²) in [6.45, 7) is 5.42. The number of rotatable bonds is 9. The quantitative estimate of drug-likeness (QED) is 0.424. The highest BCUT2D eigenvalue weighted by Crippen LogP contribution is 2.39. The molecule has 0 bridgehead atoms. The van der Waals surface area contributed by atoms with Gasteiger partial charge in [0.15, 0.2) is 11.5 Å². The molecule has 1 fully saturated rings. The van der Waals surface area contributed by atoms with E-state index in [1.807, 2.05) is 13.8 Å². The molecule has 1 aliphatic heterocycles. The van der Waals surface area contributed by atoms with Crippen LogP contribution in [0.5, 0.6) is 11.5 Å². The minimum atomic E-state index is -3.68. The van der Waals surface area contributed by atoms with Crippen LogP contribution in [-0.4, -0.2) is 47.6 Å². The third kappa shape index (κ3) is 5.19. The molecule has 0 amide bonds. The SMILES string of the molecule is COc1cc2nc(C)nc(NCc3cccc(C(F)(F)CO)c3F)c2cc1OC(C)(C)C1CCOC1. The second-order valence-corrected chi connectivity index (χ2v) is 9.40. The first-order valence-corrected chi connectivity index (χ1v) is 11.7. The molecule has 1 unspecified atom stereocenters. The van der Waals surface area contributed by atoms with Gasteiger partial charge in [-0.05, 0) is 39.3 Å². The van der Waals surface area contributed by atoms with Crippen molar-refractivity contribution in [1.82, 2.24) is 9.97 Å². The summed E-state index contributed by atoms with van der Waals surface area (Å²) in [7, 11) is 1.55. The molecule has 0 aliphatic carbocycles. The largest absolute Gasteiger partial charge is 0.493 e. The maximum absolute atomic E-state index is 14.8. The number of anilines is 1. The van der Waals surface area contributed by atoms with E-state index in [2.05, 4.69) is 15.3 Å². The Bertz CT molecular complexity index is 1250. The standard InChI is InChI=1S/C26H30F3N3O4/c1-15-31-20-11-21(34-4)22(36-25(2,3)17-8-9-35-13-17)10-18(20)24(32-15)30-12-16-6-5-7-19(23(16)27)26(28,29)14-33/h5-7,10-11,17,33H,8-9,12-14H2,1-4H3,(H,30,31,32). The predicted molar refractivity (Wildman–Crippen MR) is 129 cm³/mol. The van der Waals surface area contributed by atoms with E-state index in [1.165, 1.54) is 12.1 Å². The first-order chi connectivity index (χ1) is 17.1. The van der Waals surface area contributed by atoms with Crippen LogP contribution >= 0.6 is 0 Å². The van der Waals surface area contributed by atoms with Gasteiger partial charge in [0.05, 0.1) is 24.8 Å². The average molecular weight is 506 g/mol. The van der Waals surface area contributed by atoms with Crippen molar-refractivity contribution >= 4 is 16.7 Å². The first kappa shape index (κ1) is 26.0. The van der Waals surface area contributed by atoms with E-state index in [4.69, 9.17) is 19.3 Å². The maximum atomic E-state index is 14.8. The predicted octanol–water partition coefficient (Wildman–Crippen LogP) is 4.98. The van der Waals surface area contributed by atoms with E-state index in [1.54, 1.807) is 26.2 Å². The average Bonchev–Trinajstić information content (AvgIpc) is 3.39. The second-order valence-electron chi connectivity index (χ2n) is 9.40. The van der Waals surface area contributed by atoms with E-state index in [0.717, 1.165) is 12.5 Å². The van der Waals surface area contributed by atoms with Gasteiger partial charge in [0, 0.05) is 36.1 Å². The van der Waals surface area contributed by atoms with Gasteiger partial charge in [0.1, 0.15) is 29.7 Å². The van der Waals surface area contributed by atoms with Gasteiger partial charge in [-0.2, -0.15) is 8.78 Å². The molecule has 194 valence electrons. The highest BCUT2D eigenvalue weighted by molar-refractivity contribution is 5.91. The minimum Gasteiger partial charge on any atom is -0.493 e. The number of aryl methyl sites for hydroxylation is 1. The number of hydrogen-bond donors (Lipinski definition) is 2. The molecule has 1 saturated heterocycles. The zero-order chi connectivity index (χ0) is 26.1. The van der Waals surface area contributed by atoms with Gasteiger partial charge >= 0.3 is 0 Å². The number of hydrogen-bond acceptors (Lipinski definition) is 7. The number of aliphatic hydroxyl groups excluding tert-OH is 1. The number of aliphatic hydroxyl groups is 1. The number of nitrogens with one attached hydrogen (secondary N) is 1. The van der Waals surface area contributed by atoms with E-state index in [9.17, 15) is 13.2 Å². The minimum absolute atomic E-state index is 0.0115. The molecular formula is C26H30F3N3O4. The van der Waals surface area contributed by atoms with Crippen LogP contribution in [-0.2, 0) is 17.2 Å². The fraction of sp³-hybridized carbons (Fsp3) is 0.462. The lowest BCUT2D eigenvalue weighted by molar-refractivity contribution is -0.0583. The zero-order valence-electron chi connectivity index (χ0n) is 20.7. The van der Waals surface area contributed by atoms with Gasteiger partial charge in [0.25, 0.3) is 5.92 Å². The van der Waals surface area contributed by atoms with Crippen LogP contribution in [0.1, 0.15) is 37.2 Å². The van der Waals surface area contributed by atoms with Gasteiger partial charge in [-0.15, -0.1) is 0 Å². The fourth-order valence-electron chi connectivity index (χ4n) is 4.34. The van der Waals surface area contributed by atoms with Crippen molar-refractivity contribution < 1.29 is 32.5 Å². The lowest BCUT2D eigenvalue weighted by atomic mass is 9.90. The summed E-state index contributed by atoms with van der Waals surface area (Å²) in [4.78, 5) is 8.94. The number of methoxy groups -OCH3 is 1. The molecule has 3 aromatic rings. The Morgan fingerprint density at radius 1 is 1.19 bits per heavy atom. The normalized spacial score (nSPS) is 16.4. The van der Waals surface area contributed by atoms with Crippen molar-refractivity contribution in [1.29, 1.82) is 0 Å². The Kier molecular flexibility index (Phi) is 7.28. The maximum Gasteiger partial charge on any atom is 0.298 e. The summed E-state index contributed by atoms with van der Waals surface area (Å²) >= 11 is 0. The Morgan fingerprint density at radius 3 is 2.64 bits per heavy atom. The molecular weight excluding hydrogens is 475 g/mol. The van der Waals surface area contributed by atoms with Crippen LogP contribution in [0.3, 0.4) is 0 Å². The molecule has 7 nitrogen and oxygen atoms in total. The van der Waals surface area contributed by atoms with Crippen LogP contribution in [0.15, 0.2) is 30.3 Å². The molecule has 36 heavy (non-hydrogen) atoms. The van der Waals surface area contributed by atoms with Crippen LogP contribution in [0, 0.1) is 18.7 Å². The van der Waals surface area contributed by atoms with Crippen LogP contribution in [0.25, 0.3) is 10.9 Å². The van der Waals surface area contributed by atoms with Crippen molar-refractivity contribution in [3.05, 3.63) is 53.1 Å². The number of benzene rings is 2. The third-order valence-corrected chi connectivity index (χ3v) is 6.50. The Labute approximate surface area is 207 Å². The van der Waals surface area contributed by atoms with E-state index in [0.29, 0.717) is 47.3 Å². The van der Waals surface area contributed by atoms with Crippen LogP contribution in [0.2, 0.25) is 0 Å². The first-order valence-electron chi connectivity index (χ1n) is 11.7. The van der Waals surface area contributed by atoms with Gasteiger partial charge in [-0.1, -0.05) is 12.1 Å². The fourth-order valence-corrected chi connectivity index (χ4v) is 4.34. The van der Waals surface area contributed by atoms with Crippen molar-refractivity contribution in [3.8, 4) is 11.5 Å². The number of halogens is 3. The van der Waals surface area contributed by atoms with Gasteiger partial charge < -0.3 is 24.6 Å². The highest BCUT2D eigenvalue weighted by atomic mass is 19.3. The Hall–Kier alpha value is -3.11. The molecule has 1 aromatic heterocycles. The lowest BCUT2D eigenvalue weighted by Crippen LogP contribution is -2.38. The zero-order valence-corrected chi connectivity index (χ0v) is 20.7. The van der Waals surface area contributed by atoms with Crippen molar-refractivity contribution in [2.75, 3.05) is 32.2 Å². The van der Waals surface area contributed by atoms with Crippen molar-refractivity contribution in [2.24, 2.45) is 5.92 Å². The number of alkyl halides is 2. The highest BCUT2D eigenvalue weighted by Gasteiger charge is 2.36. The molecule has 0 saturated carbocycles. The molecule has 10 heteroatoms. The topological polar surface area (TPSA) is 85.7 Å². The van der Waals surface area contributed by atoms with Gasteiger partial charge in [-0.25, -0.2) is 14.4 Å². The molecule has 2 heterocycles. The lowest BCUT2D eigenvalue weighted by Gasteiger charge is -2.32. The molecule has 1 aliphatic rings. The van der Waals surface area contributed by atoms with Crippen LogP contribution < -0.4 is 14.8 Å². The molecule has 2 aromatic carbocycles. The molecule has 2 N–H and O–H groups in total. The molecule has 1 atom stereocenters. The van der Waals surface area contributed by atoms with E-state index >= 15 is 0 Å². The number of nitrogens with zero attached hydrogens (tertiary/aromatic N) is 2. The second kappa shape index (κ2) is 10.1. The van der Waals surface area contributed by atoms with Crippen molar-refractivity contribution in [2.45, 2.75) is 45.3 Å². The number of fused-ring (bicyclic) bond motifs is 1. The Morgan fingerprint density at radius 2 is 1.97 bits per heavy atom. The summed E-state index contributed by atoms with van der Waals surface area (Å²) in [5.41, 5.74) is -0.792. The summed E-state index contributed by atoms with van der Waals surface area (Å²) < 4.78 is 60.2. The smallest absolute Gasteiger partial charge is 0.298 e. The summed E-state index contributed by atoms with van der Waals surface area (Å²) in [5.74, 6) is -2.70. The van der Waals surface area contributed by atoms with Crippen LogP contribution in [0.4, 0.5) is 19.0 Å². The van der Waals surface area contributed by atoms with Gasteiger partial charge in [-0.3, -0.25) is 0 Å². The number of ether oxygens (including phenoxy) is 3. The monoisotopic (exact) mass is 505 g/mol. The Balaban J connectivity index is 1.68. The molecule has 0 radical (unpaired) electrons. The molecule has 0 spiro atoms. The summed E-state index contributed by atoms with van der Waals surface area (Å²) in [6, 6.07) is 7.20. The molecule has 4 rings (SSSR count). The summed E-state index contributed by atoms with van der Waals surface area (Å²) in [5, 5.41) is 12.6. The summed E-state index contributed by atoms with van der Waals surface area (Å²) in [6.07, 6.45) is 0.887. The van der Waals surface area contributed by atoms with Crippen molar-refractivity contribution in [3.63, 3.8) is 0 Å². The van der Waals surface area contributed by atoms with Gasteiger partial charge in [0.2, 0.25) is 0 Å². The van der Waals surface area contributed by atoms with E-state index in [-0.39, 0.29) is 18.0 Å². The number of aromatic nitrogens is 2.